The Kier molecular flexibility index (Phi) is 5.41. The van der Waals surface area contributed by atoms with Crippen molar-refractivity contribution in [2.45, 2.75) is 13.0 Å². The van der Waals surface area contributed by atoms with Gasteiger partial charge in [0.2, 0.25) is 0 Å². The minimum absolute atomic E-state index is 0.0683. The van der Waals surface area contributed by atoms with Gasteiger partial charge in [-0.05, 0) is 42.3 Å². The Balaban J connectivity index is 1.88. The fourth-order valence-electron chi connectivity index (χ4n) is 1.89. The molecule has 0 radical (unpaired) electrons. The van der Waals surface area contributed by atoms with Crippen molar-refractivity contribution in [1.82, 2.24) is 5.32 Å². The highest BCUT2D eigenvalue weighted by molar-refractivity contribution is 5.94. The molecule has 2 aromatic rings. The summed E-state index contributed by atoms with van der Waals surface area (Å²) in [5, 5.41) is 2.67. The molecule has 0 saturated carbocycles. The molecule has 0 aliphatic carbocycles. The van der Waals surface area contributed by atoms with Crippen molar-refractivity contribution in [3.8, 4) is 5.75 Å². The van der Waals surface area contributed by atoms with E-state index in [-0.39, 0.29) is 23.0 Å². The van der Waals surface area contributed by atoms with Gasteiger partial charge in [0.25, 0.3) is 5.91 Å². The first-order chi connectivity index (χ1) is 10.5. The van der Waals surface area contributed by atoms with Crippen LogP contribution < -0.4 is 10.1 Å². The molecule has 1 amide bonds. The Morgan fingerprint density at radius 2 is 1.86 bits per heavy atom. The van der Waals surface area contributed by atoms with Crippen molar-refractivity contribution in [1.29, 1.82) is 0 Å². The van der Waals surface area contributed by atoms with Crippen LogP contribution in [0.5, 0.6) is 5.75 Å². The van der Waals surface area contributed by atoms with Gasteiger partial charge < -0.3 is 10.1 Å². The van der Waals surface area contributed by atoms with Crippen molar-refractivity contribution in [2.24, 2.45) is 0 Å². The third-order valence-corrected chi connectivity index (χ3v) is 2.93. The van der Waals surface area contributed by atoms with Crippen LogP contribution in [0.25, 0.3) is 0 Å². The Labute approximate surface area is 125 Å². The molecule has 6 heteroatoms. The summed E-state index contributed by atoms with van der Waals surface area (Å²) in [5.74, 6) is -0.772. The van der Waals surface area contributed by atoms with E-state index in [4.69, 9.17) is 0 Å². The van der Waals surface area contributed by atoms with Crippen molar-refractivity contribution >= 4 is 5.91 Å². The van der Waals surface area contributed by atoms with Crippen LogP contribution in [0.1, 0.15) is 15.9 Å². The number of ether oxygens (including phenoxy) is 1. The number of halogens is 3. The summed E-state index contributed by atoms with van der Waals surface area (Å²) in [7, 11) is 0. The van der Waals surface area contributed by atoms with Crippen LogP contribution in [-0.4, -0.2) is 19.1 Å². The number of amides is 1. The third-order valence-electron chi connectivity index (χ3n) is 2.93. The van der Waals surface area contributed by atoms with E-state index in [1.807, 2.05) is 0 Å². The lowest BCUT2D eigenvalue weighted by Crippen LogP contribution is -2.25. The first-order valence-electron chi connectivity index (χ1n) is 6.62. The summed E-state index contributed by atoms with van der Waals surface area (Å²) < 4.78 is 41.2. The number of benzene rings is 2. The van der Waals surface area contributed by atoms with E-state index in [1.165, 1.54) is 36.4 Å². The standard InChI is InChI=1S/C16H14F3NO2/c17-13-6-4-11(5-7-13)8-9-20-15(21)12-2-1-3-14(10-12)22-16(18)19/h1-7,10,16H,8-9H2,(H,20,21). The maximum absolute atomic E-state index is 12.8. The molecule has 0 fully saturated rings. The van der Waals surface area contributed by atoms with Gasteiger partial charge in [0.1, 0.15) is 11.6 Å². The predicted octanol–water partition coefficient (Wildman–Crippen LogP) is 3.40. The van der Waals surface area contributed by atoms with Crippen LogP contribution in [0.3, 0.4) is 0 Å². The lowest BCUT2D eigenvalue weighted by Gasteiger charge is -2.08. The minimum atomic E-state index is -2.93. The molecule has 3 nitrogen and oxygen atoms in total. The molecule has 1 N–H and O–H groups in total. The Bertz CT molecular complexity index is 630. The highest BCUT2D eigenvalue weighted by Gasteiger charge is 2.09. The average molecular weight is 309 g/mol. The second kappa shape index (κ2) is 7.49. The molecule has 2 rings (SSSR count). The van der Waals surface area contributed by atoms with Gasteiger partial charge in [-0.15, -0.1) is 0 Å². The number of carbonyl (C=O) groups is 1. The number of hydrogen-bond acceptors (Lipinski definition) is 2. The first-order valence-corrected chi connectivity index (χ1v) is 6.62. The Hall–Kier alpha value is -2.50. The van der Waals surface area contributed by atoms with Crippen molar-refractivity contribution < 1.29 is 22.7 Å². The molecule has 116 valence electrons. The van der Waals surface area contributed by atoms with Gasteiger partial charge in [-0.25, -0.2) is 4.39 Å². The van der Waals surface area contributed by atoms with E-state index < -0.39 is 6.61 Å². The van der Waals surface area contributed by atoms with Gasteiger partial charge in [-0.3, -0.25) is 4.79 Å². The molecule has 0 bridgehead atoms. The molecule has 0 aromatic heterocycles. The van der Waals surface area contributed by atoms with E-state index in [0.29, 0.717) is 13.0 Å². The van der Waals surface area contributed by atoms with Crippen molar-refractivity contribution in [2.75, 3.05) is 6.54 Å². The van der Waals surface area contributed by atoms with Gasteiger partial charge in [-0.1, -0.05) is 18.2 Å². The quantitative estimate of drug-likeness (QED) is 0.888. The molecule has 0 aliphatic rings. The topological polar surface area (TPSA) is 38.3 Å². The Morgan fingerprint density at radius 3 is 2.55 bits per heavy atom. The molecule has 0 aliphatic heterocycles. The number of nitrogens with one attached hydrogen (secondary N) is 1. The summed E-state index contributed by atoms with van der Waals surface area (Å²) >= 11 is 0. The van der Waals surface area contributed by atoms with Crippen LogP contribution in [-0.2, 0) is 6.42 Å². The molecule has 0 heterocycles. The predicted molar refractivity (Wildman–Crippen MR) is 75.5 cm³/mol. The smallest absolute Gasteiger partial charge is 0.387 e. The summed E-state index contributed by atoms with van der Waals surface area (Å²) in [4.78, 5) is 11.9. The fraction of sp³-hybridized carbons (Fsp3) is 0.188. The van der Waals surface area contributed by atoms with Crippen LogP contribution in [0.15, 0.2) is 48.5 Å². The van der Waals surface area contributed by atoms with Gasteiger partial charge in [0.05, 0.1) is 0 Å². The minimum Gasteiger partial charge on any atom is -0.435 e. The van der Waals surface area contributed by atoms with Gasteiger partial charge >= 0.3 is 6.61 Å². The van der Waals surface area contributed by atoms with Crippen LogP contribution in [0, 0.1) is 5.82 Å². The molecule has 0 atom stereocenters. The summed E-state index contributed by atoms with van der Waals surface area (Å²) in [6, 6.07) is 11.5. The van der Waals surface area contributed by atoms with Gasteiger partial charge in [0, 0.05) is 12.1 Å². The molecule has 0 unspecified atom stereocenters. The number of rotatable bonds is 6. The van der Waals surface area contributed by atoms with Gasteiger partial charge in [-0.2, -0.15) is 8.78 Å². The molecule has 0 saturated heterocycles. The van der Waals surface area contributed by atoms with Crippen LogP contribution in [0.4, 0.5) is 13.2 Å². The third kappa shape index (κ3) is 4.80. The number of hydrogen-bond donors (Lipinski definition) is 1. The maximum Gasteiger partial charge on any atom is 0.387 e. The van der Waals surface area contributed by atoms with Crippen molar-refractivity contribution in [3.63, 3.8) is 0 Å². The highest BCUT2D eigenvalue weighted by Crippen LogP contribution is 2.15. The zero-order chi connectivity index (χ0) is 15.9. The van der Waals surface area contributed by atoms with Crippen molar-refractivity contribution in [3.05, 3.63) is 65.5 Å². The lowest BCUT2D eigenvalue weighted by atomic mass is 10.1. The second-order valence-corrected chi connectivity index (χ2v) is 4.54. The summed E-state index contributed by atoms with van der Waals surface area (Å²) in [5.41, 5.74) is 1.12. The molecule has 0 spiro atoms. The monoisotopic (exact) mass is 309 g/mol. The van der Waals surface area contributed by atoms with Crippen LogP contribution >= 0.6 is 0 Å². The number of alkyl halides is 2. The molecule has 22 heavy (non-hydrogen) atoms. The van der Waals surface area contributed by atoms with Crippen LogP contribution in [0.2, 0.25) is 0 Å². The van der Waals surface area contributed by atoms with E-state index >= 15 is 0 Å². The fourth-order valence-corrected chi connectivity index (χ4v) is 1.89. The Morgan fingerprint density at radius 1 is 1.14 bits per heavy atom. The summed E-state index contributed by atoms with van der Waals surface area (Å²) in [6.45, 7) is -2.58. The van der Waals surface area contributed by atoms with E-state index in [9.17, 15) is 18.0 Å². The second-order valence-electron chi connectivity index (χ2n) is 4.54. The molecule has 2 aromatic carbocycles. The maximum atomic E-state index is 12.8. The first kappa shape index (κ1) is 15.9. The highest BCUT2D eigenvalue weighted by atomic mass is 19.3. The molecular formula is C16H14F3NO2. The average Bonchev–Trinajstić information content (AvgIpc) is 2.49. The van der Waals surface area contributed by atoms with E-state index in [1.54, 1.807) is 12.1 Å². The normalized spacial score (nSPS) is 10.5. The lowest BCUT2D eigenvalue weighted by molar-refractivity contribution is -0.0498. The van der Waals surface area contributed by atoms with E-state index in [0.717, 1.165) is 5.56 Å². The number of carbonyl (C=O) groups excluding carboxylic acids is 1. The summed E-state index contributed by atoms with van der Waals surface area (Å²) in [6.07, 6.45) is 0.541. The van der Waals surface area contributed by atoms with E-state index in [2.05, 4.69) is 10.1 Å². The van der Waals surface area contributed by atoms with Gasteiger partial charge in [0.15, 0.2) is 0 Å². The zero-order valence-corrected chi connectivity index (χ0v) is 11.6. The molecular weight excluding hydrogens is 295 g/mol. The largest absolute Gasteiger partial charge is 0.435 e. The SMILES string of the molecule is O=C(NCCc1ccc(F)cc1)c1cccc(OC(F)F)c1. The zero-order valence-electron chi connectivity index (χ0n) is 11.6.